The maximum absolute atomic E-state index is 3.66. The Labute approximate surface area is 100 Å². The number of piperidine rings is 1. The van der Waals surface area contributed by atoms with Crippen LogP contribution in [-0.4, -0.2) is 62.2 Å². The second kappa shape index (κ2) is 5.99. The van der Waals surface area contributed by atoms with Gasteiger partial charge in [0.15, 0.2) is 0 Å². The third kappa shape index (κ3) is 3.44. The standard InChI is InChI=1S/C13H27N3/c1-15(2)11-13-7-5-9-16(13)10-12-6-3-4-8-14-12/h12-14H,3-11H2,1-2H3. The van der Waals surface area contributed by atoms with Gasteiger partial charge in [-0.25, -0.2) is 0 Å². The molecule has 0 aromatic carbocycles. The van der Waals surface area contributed by atoms with Gasteiger partial charge in [0.05, 0.1) is 0 Å². The number of hydrogen-bond acceptors (Lipinski definition) is 3. The molecule has 3 nitrogen and oxygen atoms in total. The van der Waals surface area contributed by atoms with Gasteiger partial charge in [-0.1, -0.05) is 6.42 Å². The van der Waals surface area contributed by atoms with Crippen molar-refractivity contribution < 1.29 is 0 Å². The van der Waals surface area contributed by atoms with E-state index in [0.29, 0.717) is 0 Å². The minimum absolute atomic E-state index is 0.761. The monoisotopic (exact) mass is 225 g/mol. The molecule has 2 atom stereocenters. The molecule has 1 N–H and O–H groups in total. The fraction of sp³-hybridized carbons (Fsp3) is 1.00. The van der Waals surface area contributed by atoms with Gasteiger partial charge in [0.2, 0.25) is 0 Å². The molecule has 2 heterocycles. The Hall–Kier alpha value is -0.120. The van der Waals surface area contributed by atoms with Crippen LogP contribution in [-0.2, 0) is 0 Å². The molecule has 94 valence electrons. The van der Waals surface area contributed by atoms with Crippen LogP contribution in [0.5, 0.6) is 0 Å². The van der Waals surface area contributed by atoms with Crippen molar-refractivity contribution in [3.63, 3.8) is 0 Å². The molecule has 0 saturated carbocycles. The molecule has 0 aliphatic carbocycles. The predicted molar refractivity (Wildman–Crippen MR) is 68.8 cm³/mol. The average Bonchev–Trinajstić information content (AvgIpc) is 2.66. The van der Waals surface area contributed by atoms with Crippen LogP contribution in [0.2, 0.25) is 0 Å². The molecule has 2 rings (SSSR count). The van der Waals surface area contributed by atoms with E-state index in [1.807, 2.05) is 0 Å². The fourth-order valence-electron chi connectivity index (χ4n) is 3.13. The Morgan fingerprint density at radius 1 is 1.19 bits per heavy atom. The van der Waals surface area contributed by atoms with Crippen LogP contribution in [0.3, 0.4) is 0 Å². The summed E-state index contributed by atoms with van der Waals surface area (Å²) in [6, 6.07) is 1.57. The highest BCUT2D eigenvalue weighted by molar-refractivity contribution is 4.85. The number of rotatable bonds is 4. The first kappa shape index (κ1) is 12.3. The van der Waals surface area contributed by atoms with Crippen molar-refractivity contribution in [1.82, 2.24) is 15.1 Å². The summed E-state index contributed by atoms with van der Waals surface area (Å²) in [5.41, 5.74) is 0. The molecular weight excluding hydrogens is 198 g/mol. The third-order valence-electron chi connectivity index (χ3n) is 3.94. The van der Waals surface area contributed by atoms with Crippen LogP contribution < -0.4 is 5.32 Å². The van der Waals surface area contributed by atoms with Gasteiger partial charge in [0.1, 0.15) is 0 Å². The van der Waals surface area contributed by atoms with E-state index < -0.39 is 0 Å². The molecule has 2 aliphatic rings. The van der Waals surface area contributed by atoms with Crippen molar-refractivity contribution in [3.8, 4) is 0 Å². The lowest BCUT2D eigenvalue weighted by atomic mass is 10.0. The maximum Gasteiger partial charge on any atom is 0.0224 e. The zero-order valence-electron chi connectivity index (χ0n) is 10.9. The van der Waals surface area contributed by atoms with Crippen molar-refractivity contribution >= 4 is 0 Å². The number of nitrogens with zero attached hydrogens (tertiary/aromatic N) is 2. The van der Waals surface area contributed by atoms with E-state index in [1.54, 1.807) is 0 Å². The van der Waals surface area contributed by atoms with Crippen LogP contribution in [0.25, 0.3) is 0 Å². The molecule has 0 amide bonds. The molecule has 0 spiro atoms. The molecule has 2 unspecified atom stereocenters. The van der Waals surface area contributed by atoms with Gasteiger partial charge in [0, 0.05) is 25.2 Å². The number of hydrogen-bond donors (Lipinski definition) is 1. The van der Waals surface area contributed by atoms with E-state index in [9.17, 15) is 0 Å². The zero-order valence-corrected chi connectivity index (χ0v) is 10.9. The van der Waals surface area contributed by atoms with Crippen LogP contribution in [0, 0.1) is 0 Å². The Bertz CT molecular complexity index is 199. The number of likely N-dealkylation sites (tertiary alicyclic amines) is 1. The fourth-order valence-corrected chi connectivity index (χ4v) is 3.13. The van der Waals surface area contributed by atoms with Crippen molar-refractivity contribution in [3.05, 3.63) is 0 Å². The normalized spacial score (nSPS) is 32.4. The van der Waals surface area contributed by atoms with Crippen LogP contribution >= 0.6 is 0 Å². The van der Waals surface area contributed by atoms with Crippen molar-refractivity contribution in [2.24, 2.45) is 0 Å². The summed E-state index contributed by atoms with van der Waals surface area (Å²) in [5, 5.41) is 3.66. The van der Waals surface area contributed by atoms with Crippen LogP contribution in [0.4, 0.5) is 0 Å². The Morgan fingerprint density at radius 3 is 2.75 bits per heavy atom. The van der Waals surface area contributed by atoms with Gasteiger partial charge in [-0.05, 0) is 52.9 Å². The number of likely N-dealkylation sites (N-methyl/N-ethyl adjacent to an activating group) is 1. The molecule has 2 fully saturated rings. The molecule has 3 heteroatoms. The van der Waals surface area contributed by atoms with Gasteiger partial charge >= 0.3 is 0 Å². The van der Waals surface area contributed by atoms with Crippen molar-refractivity contribution in [2.45, 2.75) is 44.2 Å². The Kier molecular flexibility index (Phi) is 4.62. The minimum Gasteiger partial charge on any atom is -0.313 e. The molecule has 2 saturated heterocycles. The lowest BCUT2D eigenvalue weighted by Crippen LogP contribution is -2.47. The van der Waals surface area contributed by atoms with Gasteiger partial charge in [-0.2, -0.15) is 0 Å². The van der Waals surface area contributed by atoms with E-state index >= 15 is 0 Å². The quantitative estimate of drug-likeness (QED) is 0.774. The summed E-state index contributed by atoms with van der Waals surface area (Å²) in [6.45, 7) is 5.05. The number of nitrogens with one attached hydrogen (secondary N) is 1. The molecule has 0 aromatic heterocycles. The Morgan fingerprint density at radius 2 is 2.06 bits per heavy atom. The third-order valence-corrected chi connectivity index (χ3v) is 3.94. The molecular formula is C13H27N3. The topological polar surface area (TPSA) is 18.5 Å². The molecule has 0 bridgehead atoms. The van der Waals surface area contributed by atoms with Gasteiger partial charge in [-0.3, -0.25) is 4.90 Å². The molecule has 16 heavy (non-hydrogen) atoms. The van der Waals surface area contributed by atoms with E-state index in [-0.39, 0.29) is 0 Å². The van der Waals surface area contributed by atoms with E-state index in [4.69, 9.17) is 0 Å². The summed E-state index contributed by atoms with van der Waals surface area (Å²) in [7, 11) is 4.38. The van der Waals surface area contributed by atoms with E-state index in [0.717, 1.165) is 12.1 Å². The van der Waals surface area contributed by atoms with Crippen molar-refractivity contribution in [1.29, 1.82) is 0 Å². The molecule has 0 radical (unpaired) electrons. The molecule has 0 aromatic rings. The lowest BCUT2D eigenvalue weighted by Gasteiger charge is -2.32. The SMILES string of the molecule is CN(C)CC1CCCN1CC1CCCCN1. The Balaban J connectivity index is 1.78. The predicted octanol–water partition coefficient (Wildman–Crippen LogP) is 1.15. The summed E-state index contributed by atoms with van der Waals surface area (Å²) < 4.78 is 0. The highest BCUT2D eigenvalue weighted by Crippen LogP contribution is 2.19. The molecule has 2 aliphatic heterocycles. The summed E-state index contributed by atoms with van der Waals surface area (Å²) in [5.74, 6) is 0. The first-order valence-corrected chi connectivity index (χ1v) is 6.88. The second-order valence-electron chi connectivity index (χ2n) is 5.70. The maximum atomic E-state index is 3.66. The highest BCUT2D eigenvalue weighted by Gasteiger charge is 2.27. The van der Waals surface area contributed by atoms with Gasteiger partial charge in [-0.15, -0.1) is 0 Å². The van der Waals surface area contributed by atoms with E-state index in [2.05, 4.69) is 29.2 Å². The largest absolute Gasteiger partial charge is 0.313 e. The minimum atomic E-state index is 0.761. The lowest BCUT2D eigenvalue weighted by molar-refractivity contribution is 0.180. The van der Waals surface area contributed by atoms with E-state index in [1.165, 1.54) is 58.3 Å². The average molecular weight is 225 g/mol. The smallest absolute Gasteiger partial charge is 0.0224 e. The first-order chi connectivity index (χ1) is 7.75. The summed E-state index contributed by atoms with van der Waals surface area (Å²) >= 11 is 0. The van der Waals surface area contributed by atoms with Crippen LogP contribution in [0.1, 0.15) is 32.1 Å². The van der Waals surface area contributed by atoms with Gasteiger partial charge in [0.25, 0.3) is 0 Å². The zero-order chi connectivity index (χ0) is 11.4. The second-order valence-corrected chi connectivity index (χ2v) is 5.70. The van der Waals surface area contributed by atoms with Crippen molar-refractivity contribution in [2.75, 3.05) is 40.3 Å². The van der Waals surface area contributed by atoms with Crippen LogP contribution in [0.15, 0.2) is 0 Å². The summed E-state index contributed by atoms with van der Waals surface area (Å²) in [6.07, 6.45) is 6.96. The highest BCUT2D eigenvalue weighted by atomic mass is 15.2. The summed E-state index contributed by atoms with van der Waals surface area (Å²) in [4.78, 5) is 5.04. The first-order valence-electron chi connectivity index (χ1n) is 6.88. The van der Waals surface area contributed by atoms with Gasteiger partial charge < -0.3 is 10.2 Å².